The lowest BCUT2D eigenvalue weighted by atomic mass is 10.0. The number of nitrogens with zero attached hydrogens (tertiary/aromatic N) is 2. The lowest BCUT2D eigenvalue weighted by Gasteiger charge is -2.33. The second-order valence-electron chi connectivity index (χ2n) is 9.12. The SMILES string of the molecule is CCCNC(=O)[C@@H](Cc1ccccc1)N(Cc1ccc(Br)cc1)C(=O)CN(c1cccc(OC)c1)S(C)(=O)=O. The Labute approximate surface area is 239 Å². The topological polar surface area (TPSA) is 96.0 Å². The monoisotopic (exact) mass is 615 g/mol. The maximum atomic E-state index is 14.0. The van der Waals surface area contributed by atoms with Crippen molar-refractivity contribution in [2.75, 3.05) is 30.8 Å². The van der Waals surface area contributed by atoms with Crippen molar-refractivity contribution in [1.29, 1.82) is 0 Å². The second kappa shape index (κ2) is 14.1. The van der Waals surface area contributed by atoms with Crippen LogP contribution in [0, 0.1) is 0 Å². The van der Waals surface area contributed by atoms with Crippen LogP contribution in [0.25, 0.3) is 0 Å². The van der Waals surface area contributed by atoms with Gasteiger partial charge in [0.2, 0.25) is 21.8 Å². The number of nitrogens with one attached hydrogen (secondary N) is 1. The van der Waals surface area contributed by atoms with Gasteiger partial charge >= 0.3 is 0 Å². The molecule has 0 spiro atoms. The molecule has 39 heavy (non-hydrogen) atoms. The Balaban J connectivity index is 2.04. The van der Waals surface area contributed by atoms with Crippen LogP contribution in [0.3, 0.4) is 0 Å². The molecule has 0 aliphatic heterocycles. The number of anilines is 1. The van der Waals surface area contributed by atoms with Crippen LogP contribution in [0.2, 0.25) is 0 Å². The van der Waals surface area contributed by atoms with Crippen LogP contribution >= 0.6 is 15.9 Å². The zero-order valence-corrected chi connectivity index (χ0v) is 24.7. The number of sulfonamides is 1. The van der Waals surface area contributed by atoms with E-state index in [9.17, 15) is 18.0 Å². The van der Waals surface area contributed by atoms with E-state index in [1.54, 1.807) is 24.3 Å². The Hall–Kier alpha value is -3.37. The molecule has 1 atom stereocenters. The molecule has 8 nitrogen and oxygen atoms in total. The van der Waals surface area contributed by atoms with Crippen LogP contribution < -0.4 is 14.4 Å². The Morgan fingerprint density at radius 1 is 0.974 bits per heavy atom. The molecule has 0 saturated heterocycles. The van der Waals surface area contributed by atoms with E-state index in [-0.39, 0.29) is 18.9 Å². The summed E-state index contributed by atoms with van der Waals surface area (Å²) in [5.41, 5.74) is 1.99. The first-order valence-electron chi connectivity index (χ1n) is 12.6. The van der Waals surface area contributed by atoms with Gasteiger partial charge in [-0.25, -0.2) is 8.42 Å². The molecule has 208 valence electrons. The Morgan fingerprint density at radius 2 is 1.67 bits per heavy atom. The van der Waals surface area contributed by atoms with Gasteiger partial charge in [0, 0.05) is 30.0 Å². The quantitative estimate of drug-likeness (QED) is 0.308. The van der Waals surface area contributed by atoms with Crippen LogP contribution in [0.15, 0.2) is 83.3 Å². The van der Waals surface area contributed by atoms with Crippen LogP contribution in [0.5, 0.6) is 5.75 Å². The van der Waals surface area contributed by atoms with Crippen molar-refractivity contribution < 1.29 is 22.7 Å². The highest BCUT2D eigenvalue weighted by Crippen LogP contribution is 2.24. The van der Waals surface area contributed by atoms with E-state index in [1.807, 2.05) is 61.5 Å². The van der Waals surface area contributed by atoms with Crippen molar-refractivity contribution in [2.45, 2.75) is 32.4 Å². The highest BCUT2D eigenvalue weighted by Gasteiger charge is 2.33. The molecule has 0 aliphatic rings. The summed E-state index contributed by atoms with van der Waals surface area (Å²) in [6, 6.07) is 22.6. The summed E-state index contributed by atoms with van der Waals surface area (Å²) in [4.78, 5) is 29.0. The first kappa shape index (κ1) is 30.2. The summed E-state index contributed by atoms with van der Waals surface area (Å²) >= 11 is 3.43. The van der Waals surface area contributed by atoms with Gasteiger partial charge in [-0.1, -0.05) is 71.4 Å². The highest BCUT2D eigenvalue weighted by atomic mass is 79.9. The molecule has 0 heterocycles. The number of carbonyl (C=O) groups excluding carboxylic acids is 2. The number of hydrogen-bond acceptors (Lipinski definition) is 5. The van der Waals surface area contributed by atoms with Gasteiger partial charge in [0.15, 0.2) is 0 Å². The summed E-state index contributed by atoms with van der Waals surface area (Å²) < 4.78 is 32.9. The predicted molar refractivity (Wildman–Crippen MR) is 157 cm³/mol. The molecule has 0 fully saturated rings. The van der Waals surface area contributed by atoms with Gasteiger partial charge in [-0.05, 0) is 41.8 Å². The smallest absolute Gasteiger partial charge is 0.244 e. The Bertz CT molecular complexity index is 1350. The molecule has 0 bridgehead atoms. The van der Waals surface area contributed by atoms with Crippen LogP contribution in [0.4, 0.5) is 5.69 Å². The van der Waals surface area contributed by atoms with Gasteiger partial charge in [0.05, 0.1) is 19.1 Å². The lowest BCUT2D eigenvalue weighted by molar-refractivity contribution is -0.140. The summed E-state index contributed by atoms with van der Waals surface area (Å²) in [6.45, 7) is 2.06. The zero-order valence-electron chi connectivity index (χ0n) is 22.3. The molecule has 2 amide bonds. The van der Waals surface area contributed by atoms with Crippen LogP contribution in [-0.4, -0.2) is 57.6 Å². The zero-order chi connectivity index (χ0) is 28.4. The van der Waals surface area contributed by atoms with Gasteiger partial charge in [-0.3, -0.25) is 13.9 Å². The largest absolute Gasteiger partial charge is 0.497 e. The minimum Gasteiger partial charge on any atom is -0.497 e. The third-order valence-corrected chi connectivity index (χ3v) is 7.78. The molecule has 0 saturated carbocycles. The van der Waals surface area contributed by atoms with E-state index in [0.29, 0.717) is 18.0 Å². The predicted octanol–water partition coefficient (Wildman–Crippen LogP) is 4.39. The van der Waals surface area contributed by atoms with E-state index in [0.717, 1.165) is 32.6 Å². The van der Waals surface area contributed by atoms with Crippen molar-refractivity contribution in [3.05, 3.63) is 94.5 Å². The summed E-state index contributed by atoms with van der Waals surface area (Å²) in [5, 5.41) is 2.92. The average Bonchev–Trinajstić information content (AvgIpc) is 2.93. The average molecular weight is 617 g/mol. The van der Waals surface area contributed by atoms with Crippen LogP contribution in [0.1, 0.15) is 24.5 Å². The van der Waals surface area contributed by atoms with Crippen LogP contribution in [-0.2, 0) is 32.6 Å². The maximum Gasteiger partial charge on any atom is 0.244 e. The van der Waals surface area contributed by atoms with E-state index >= 15 is 0 Å². The van der Waals surface area contributed by atoms with Gasteiger partial charge < -0.3 is 15.0 Å². The number of carbonyl (C=O) groups is 2. The van der Waals surface area contributed by atoms with Crippen molar-refractivity contribution in [1.82, 2.24) is 10.2 Å². The second-order valence-corrected chi connectivity index (χ2v) is 11.9. The maximum absolute atomic E-state index is 14.0. The summed E-state index contributed by atoms with van der Waals surface area (Å²) in [7, 11) is -2.36. The minimum absolute atomic E-state index is 0.124. The fraction of sp³-hybridized carbons (Fsp3) is 0.310. The molecular formula is C29H34BrN3O5S. The number of benzene rings is 3. The van der Waals surface area contributed by atoms with Gasteiger partial charge in [-0.15, -0.1) is 0 Å². The Morgan fingerprint density at radius 3 is 2.28 bits per heavy atom. The Kier molecular flexibility index (Phi) is 10.9. The number of halogens is 1. The molecule has 10 heteroatoms. The molecule has 3 rings (SSSR count). The molecule has 3 aromatic rings. The van der Waals surface area contributed by atoms with E-state index in [2.05, 4.69) is 21.2 Å². The summed E-state index contributed by atoms with van der Waals surface area (Å²) in [5.74, 6) is -0.335. The number of ether oxygens (including phenoxy) is 1. The van der Waals surface area contributed by atoms with E-state index in [1.165, 1.54) is 12.0 Å². The molecule has 0 radical (unpaired) electrons. The van der Waals surface area contributed by atoms with Gasteiger partial charge in [0.1, 0.15) is 18.3 Å². The third-order valence-electron chi connectivity index (χ3n) is 6.11. The number of methoxy groups -OCH3 is 1. The molecule has 0 aliphatic carbocycles. The fourth-order valence-corrected chi connectivity index (χ4v) is 5.19. The first-order chi connectivity index (χ1) is 18.6. The third kappa shape index (κ3) is 8.83. The minimum atomic E-state index is -3.85. The molecular weight excluding hydrogens is 582 g/mol. The standard InChI is InChI=1S/C29H34BrN3O5S/c1-4-17-31-29(35)27(18-22-9-6-5-7-10-22)32(20-23-13-15-24(30)16-14-23)28(34)21-33(39(3,36)37)25-11-8-12-26(19-25)38-2/h5-16,19,27H,4,17-18,20-21H2,1-3H3,(H,31,35)/t27-/m1/s1. The van der Waals surface area contributed by atoms with Crippen molar-refractivity contribution >= 4 is 43.5 Å². The van der Waals surface area contributed by atoms with Gasteiger partial charge in [-0.2, -0.15) is 0 Å². The number of rotatable bonds is 13. The molecule has 3 aromatic carbocycles. The fourth-order valence-electron chi connectivity index (χ4n) is 4.09. The summed E-state index contributed by atoms with van der Waals surface area (Å²) in [6.07, 6.45) is 2.06. The molecule has 0 aromatic heterocycles. The number of hydrogen-bond donors (Lipinski definition) is 1. The number of amides is 2. The van der Waals surface area contributed by atoms with Crippen molar-refractivity contribution in [3.63, 3.8) is 0 Å². The molecule has 0 unspecified atom stereocenters. The van der Waals surface area contributed by atoms with E-state index in [4.69, 9.17) is 4.74 Å². The van der Waals surface area contributed by atoms with Crippen molar-refractivity contribution in [3.8, 4) is 5.75 Å². The first-order valence-corrected chi connectivity index (χ1v) is 15.2. The molecule has 1 N–H and O–H groups in total. The van der Waals surface area contributed by atoms with Crippen molar-refractivity contribution in [2.24, 2.45) is 0 Å². The van der Waals surface area contributed by atoms with Gasteiger partial charge in [0.25, 0.3) is 0 Å². The highest BCUT2D eigenvalue weighted by molar-refractivity contribution is 9.10. The normalized spacial score (nSPS) is 11.9. The van der Waals surface area contributed by atoms with E-state index < -0.39 is 28.5 Å². The lowest BCUT2D eigenvalue weighted by Crippen LogP contribution is -2.53.